The van der Waals surface area contributed by atoms with Crippen LogP contribution in [0.25, 0.3) is 0 Å². The number of nitrogens with one attached hydrogen (secondary N) is 2. The van der Waals surface area contributed by atoms with Crippen LogP contribution in [-0.4, -0.2) is 55.5 Å². The normalized spacial score (nSPS) is 27.8. The largest absolute Gasteiger partial charge is 0.391 e. The summed E-state index contributed by atoms with van der Waals surface area (Å²) >= 11 is 1.83. The summed E-state index contributed by atoms with van der Waals surface area (Å²) in [6, 6.07) is 0.0660. The average Bonchev–Trinajstić information content (AvgIpc) is 2.60. The Hall–Kier alpha value is -0.630. The van der Waals surface area contributed by atoms with Crippen LogP contribution in [0.5, 0.6) is 0 Å². The van der Waals surface area contributed by atoms with Gasteiger partial charge < -0.3 is 15.4 Å². The van der Waals surface area contributed by atoms with Crippen molar-refractivity contribution in [1.29, 1.82) is 0 Å². The minimum absolute atomic E-state index is 0.0660. The highest BCUT2D eigenvalue weighted by molar-refractivity contribution is 8.00. The highest BCUT2D eigenvalue weighted by atomic mass is 32.2. The molecule has 2 fully saturated rings. The van der Waals surface area contributed by atoms with E-state index in [0.717, 1.165) is 38.6 Å². The second kappa shape index (κ2) is 9.35. The van der Waals surface area contributed by atoms with Crippen molar-refractivity contribution in [3.8, 4) is 0 Å². The Morgan fingerprint density at radius 2 is 1.84 bits per heavy atom. The monoisotopic (exact) mass is 381 g/mol. The summed E-state index contributed by atoms with van der Waals surface area (Å²) in [5, 5.41) is 6.57. The van der Waals surface area contributed by atoms with Gasteiger partial charge in [-0.05, 0) is 51.7 Å². The lowest BCUT2D eigenvalue weighted by Gasteiger charge is -2.35. The maximum atomic E-state index is 12.8. The van der Waals surface area contributed by atoms with Crippen LogP contribution in [0.15, 0.2) is 4.99 Å². The third-order valence-corrected chi connectivity index (χ3v) is 6.64. The number of aliphatic imine (C=N–C) groups is 1. The van der Waals surface area contributed by atoms with Crippen LogP contribution < -0.4 is 10.6 Å². The summed E-state index contributed by atoms with van der Waals surface area (Å²) < 4.78 is 43.9. The zero-order valence-electron chi connectivity index (χ0n) is 15.1. The fraction of sp³-hybridized carbons (Fsp3) is 0.941. The first-order valence-electron chi connectivity index (χ1n) is 9.13. The van der Waals surface area contributed by atoms with Crippen LogP contribution in [0.1, 0.15) is 45.4 Å². The molecule has 1 saturated heterocycles. The van der Waals surface area contributed by atoms with Crippen molar-refractivity contribution in [3.05, 3.63) is 0 Å². The van der Waals surface area contributed by atoms with Crippen LogP contribution in [0, 0.1) is 5.92 Å². The van der Waals surface area contributed by atoms with E-state index in [9.17, 15) is 13.2 Å². The van der Waals surface area contributed by atoms with Crippen molar-refractivity contribution in [3.63, 3.8) is 0 Å². The first-order valence-corrected chi connectivity index (χ1v) is 10.4. The number of ether oxygens (including phenoxy) is 1. The summed E-state index contributed by atoms with van der Waals surface area (Å²) in [5.41, 5.74) is 0. The molecule has 1 heterocycles. The Balaban J connectivity index is 1.90. The minimum Gasteiger partial charge on any atom is -0.381 e. The zero-order valence-corrected chi connectivity index (χ0v) is 15.9. The second-order valence-corrected chi connectivity index (χ2v) is 8.20. The number of alkyl halides is 3. The molecule has 146 valence electrons. The fourth-order valence-electron chi connectivity index (χ4n) is 3.47. The minimum atomic E-state index is -4.06. The second-order valence-electron chi connectivity index (χ2n) is 6.93. The van der Waals surface area contributed by atoms with Gasteiger partial charge in [-0.2, -0.15) is 24.9 Å². The molecule has 0 atom stereocenters. The molecule has 1 aliphatic heterocycles. The van der Waals surface area contributed by atoms with Crippen molar-refractivity contribution >= 4 is 17.7 Å². The molecular formula is C17H30F3N3OS. The Kier molecular flexibility index (Phi) is 7.73. The summed E-state index contributed by atoms with van der Waals surface area (Å²) in [4.78, 5) is 4.74. The van der Waals surface area contributed by atoms with Gasteiger partial charge in [-0.1, -0.05) is 0 Å². The van der Waals surface area contributed by atoms with Crippen molar-refractivity contribution in [2.24, 2.45) is 10.9 Å². The molecule has 0 radical (unpaired) electrons. The lowest BCUT2D eigenvalue weighted by atomic mass is 9.85. The lowest BCUT2D eigenvalue weighted by Crippen LogP contribution is -2.46. The van der Waals surface area contributed by atoms with E-state index in [-0.39, 0.29) is 23.6 Å². The van der Waals surface area contributed by atoms with Crippen LogP contribution >= 0.6 is 11.8 Å². The van der Waals surface area contributed by atoms with Crippen LogP contribution in [0.2, 0.25) is 0 Å². The number of hydrogen-bond donors (Lipinski definition) is 2. The summed E-state index contributed by atoms with van der Waals surface area (Å²) in [6.45, 7) is 4.96. The molecule has 0 aromatic carbocycles. The van der Waals surface area contributed by atoms with E-state index in [1.165, 1.54) is 0 Å². The van der Waals surface area contributed by atoms with Crippen molar-refractivity contribution in [1.82, 2.24) is 10.6 Å². The quantitative estimate of drug-likeness (QED) is 0.565. The predicted octanol–water partition coefficient (Wildman–Crippen LogP) is 3.57. The zero-order chi connectivity index (χ0) is 18.3. The van der Waals surface area contributed by atoms with E-state index in [4.69, 9.17) is 9.73 Å². The topological polar surface area (TPSA) is 45.7 Å². The lowest BCUT2D eigenvalue weighted by molar-refractivity contribution is -0.182. The average molecular weight is 382 g/mol. The van der Waals surface area contributed by atoms with Crippen LogP contribution in [0.4, 0.5) is 13.2 Å². The molecule has 1 saturated carbocycles. The molecule has 25 heavy (non-hydrogen) atoms. The third kappa shape index (κ3) is 6.24. The van der Waals surface area contributed by atoms with E-state index in [1.807, 2.05) is 18.7 Å². The summed E-state index contributed by atoms with van der Waals surface area (Å²) in [5.74, 6) is -0.426. The molecule has 1 aliphatic carbocycles. The Bertz CT molecular complexity index is 431. The molecule has 0 bridgehead atoms. The van der Waals surface area contributed by atoms with Crippen LogP contribution in [-0.2, 0) is 4.74 Å². The molecule has 2 N–H and O–H groups in total. The van der Waals surface area contributed by atoms with Gasteiger partial charge in [-0.15, -0.1) is 0 Å². The molecular weight excluding hydrogens is 351 g/mol. The Morgan fingerprint density at radius 3 is 2.36 bits per heavy atom. The van der Waals surface area contributed by atoms with Crippen molar-refractivity contribution in [2.45, 2.75) is 62.4 Å². The molecule has 0 amide bonds. The SMILES string of the molecule is CCNC(=NCC1(SC)CCOCC1)NC1CCC(C(F)(F)F)CC1. The number of thioether (sulfide) groups is 1. The smallest absolute Gasteiger partial charge is 0.381 e. The first-order chi connectivity index (χ1) is 11.9. The predicted molar refractivity (Wildman–Crippen MR) is 97.2 cm³/mol. The highest BCUT2D eigenvalue weighted by Gasteiger charge is 2.41. The van der Waals surface area contributed by atoms with Gasteiger partial charge in [0.1, 0.15) is 0 Å². The number of hydrogen-bond acceptors (Lipinski definition) is 3. The fourth-order valence-corrected chi connectivity index (χ4v) is 4.24. The Morgan fingerprint density at radius 1 is 1.20 bits per heavy atom. The van der Waals surface area contributed by atoms with Gasteiger partial charge in [0.05, 0.1) is 12.5 Å². The molecule has 4 nitrogen and oxygen atoms in total. The number of rotatable bonds is 5. The van der Waals surface area contributed by atoms with Crippen molar-refractivity contribution < 1.29 is 17.9 Å². The number of nitrogens with zero attached hydrogens (tertiary/aromatic N) is 1. The van der Waals surface area contributed by atoms with Gasteiger partial charge in [-0.25, -0.2) is 0 Å². The molecule has 0 spiro atoms. The van der Waals surface area contributed by atoms with Gasteiger partial charge in [0.2, 0.25) is 0 Å². The molecule has 0 aromatic heterocycles. The molecule has 2 aliphatic rings. The first kappa shape index (κ1) is 20.7. The molecule has 0 aromatic rings. The van der Waals surface area contributed by atoms with Gasteiger partial charge in [-0.3, -0.25) is 4.99 Å². The van der Waals surface area contributed by atoms with Gasteiger partial charge in [0, 0.05) is 30.5 Å². The summed E-state index contributed by atoms with van der Waals surface area (Å²) in [7, 11) is 0. The van der Waals surface area contributed by atoms with E-state index in [2.05, 4.69) is 16.9 Å². The number of halogens is 3. The van der Waals surface area contributed by atoms with Crippen molar-refractivity contribution in [2.75, 3.05) is 32.6 Å². The standard InChI is InChI=1S/C17H30F3N3OS/c1-3-21-15(22-12-16(25-2)8-10-24-11-9-16)23-14-6-4-13(5-7-14)17(18,19)20/h13-14H,3-12H2,1-2H3,(H2,21,22,23). The number of guanidine groups is 1. The van der Waals surface area contributed by atoms with E-state index in [1.54, 1.807) is 0 Å². The van der Waals surface area contributed by atoms with Gasteiger partial charge in [0.15, 0.2) is 5.96 Å². The molecule has 2 rings (SSSR count). The molecule has 8 heteroatoms. The maximum Gasteiger partial charge on any atom is 0.391 e. The van der Waals surface area contributed by atoms with Gasteiger partial charge in [0.25, 0.3) is 0 Å². The van der Waals surface area contributed by atoms with E-state index < -0.39 is 12.1 Å². The molecule has 0 unspecified atom stereocenters. The maximum absolute atomic E-state index is 12.8. The van der Waals surface area contributed by atoms with E-state index >= 15 is 0 Å². The van der Waals surface area contributed by atoms with E-state index in [0.29, 0.717) is 19.4 Å². The Labute approximate surface area is 152 Å². The third-order valence-electron chi connectivity index (χ3n) is 5.24. The highest BCUT2D eigenvalue weighted by Crippen LogP contribution is 2.37. The van der Waals surface area contributed by atoms with Crippen LogP contribution in [0.3, 0.4) is 0 Å². The summed E-state index contributed by atoms with van der Waals surface area (Å²) in [6.07, 6.45) is 1.49. The van der Waals surface area contributed by atoms with Gasteiger partial charge >= 0.3 is 6.18 Å².